The van der Waals surface area contributed by atoms with Crippen LogP contribution in [0.1, 0.15) is 44.1 Å². The molecule has 0 bridgehead atoms. The SMILES string of the molecule is CCCn1cc([N+](=O)[O-])cc1C(=O)NCC(C)(O)CC. The maximum Gasteiger partial charge on any atom is 0.287 e. The Morgan fingerprint density at radius 3 is 2.70 bits per heavy atom. The maximum atomic E-state index is 12.1. The van der Waals surface area contributed by atoms with Gasteiger partial charge in [-0.3, -0.25) is 14.9 Å². The molecule has 1 amide bonds. The lowest BCUT2D eigenvalue weighted by molar-refractivity contribution is -0.384. The smallest absolute Gasteiger partial charge is 0.287 e. The zero-order valence-corrected chi connectivity index (χ0v) is 12.0. The van der Waals surface area contributed by atoms with E-state index in [0.717, 1.165) is 6.42 Å². The summed E-state index contributed by atoms with van der Waals surface area (Å²) >= 11 is 0. The minimum absolute atomic E-state index is 0.105. The van der Waals surface area contributed by atoms with E-state index in [1.165, 1.54) is 12.3 Å². The van der Waals surface area contributed by atoms with Gasteiger partial charge in [0.15, 0.2) is 0 Å². The average Bonchev–Trinajstić information content (AvgIpc) is 2.81. The number of nitro groups is 1. The summed E-state index contributed by atoms with van der Waals surface area (Å²) in [6, 6.07) is 1.26. The summed E-state index contributed by atoms with van der Waals surface area (Å²) in [5.74, 6) is -0.416. The van der Waals surface area contributed by atoms with Crippen LogP contribution in [-0.2, 0) is 6.54 Å². The fourth-order valence-corrected chi connectivity index (χ4v) is 1.70. The van der Waals surface area contributed by atoms with Crippen LogP contribution < -0.4 is 5.32 Å². The van der Waals surface area contributed by atoms with Crippen LogP contribution in [0.25, 0.3) is 0 Å². The molecule has 2 N–H and O–H groups in total. The van der Waals surface area contributed by atoms with Crippen LogP contribution in [0, 0.1) is 10.1 Å². The van der Waals surface area contributed by atoms with Crippen molar-refractivity contribution < 1.29 is 14.8 Å². The molecule has 0 aliphatic heterocycles. The fourth-order valence-electron chi connectivity index (χ4n) is 1.70. The van der Waals surface area contributed by atoms with Crippen LogP contribution >= 0.6 is 0 Å². The molecular formula is C13H21N3O4. The highest BCUT2D eigenvalue weighted by Gasteiger charge is 2.22. The zero-order chi connectivity index (χ0) is 15.3. The molecule has 0 saturated carbocycles. The molecule has 0 aromatic carbocycles. The number of aliphatic hydroxyl groups is 1. The first-order chi connectivity index (χ1) is 9.30. The van der Waals surface area contributed by atoms with E-state index in [-0.39, 0.29) is 17.9 Å². The molecule has 0 radical (unpaired) electrons. The minimum atomic E-state index is -0.982. The Bertz CT molecular complexity index is 494. The number of hydrogen-bond acceptors (Lipinski definition) is 4. The molecule has 7 nitrogen and oxygen atoms in total. The van der Waals surface area contributed by atoms with Crippen molar-refractivity contribution in [1.82, 2.24) is 9.88 Å². The summed E-state index contributed by atoms with van der Waals surface area (Å²) in [6.45, 7) is 6.00. The standard InChI is InChI=1S/C13H21N3O4/c1-4-6-15-8-10(16(19)20)7-11(15)12(17)14-9-13(3,18)5-2/h7-8,18H,4-6,9H2,1-3H3,(H,14,17). The molecule has 1 rings (SSSR count). The third-order valence-electron chi connectivity index (χ3n) is 3.18. The Morgan fingerprint density at radius 1 is 1.55 bits per heavy atom. The van der Waals surface area contributed by atoms with Gasteiger partial charge < -0.3 is 15.0 Å². The highest BCUT2D eigenvalue weighted by Crippen LogP contribution is 2.17. The van der Waals surface area contributed by atoms with Gasteiger partial charge in [0.05, 0.1) is 16.7 Å². The lowest BCUT2D eigenvalue weighted by Crippen LogP contribution is -2.40. The molecule has 0 saturated heterocycles. The van der Waals surface area contributed by atoms with Crippen molar-refractivity contribution in [3.8, 4) is 0 Å². The number of carbonyl (C=O) groups is 1. The Balaban J connectivity index is 2.88. The van der Waals surface area contributed by atoms with Gasteiger partial charge in [0, 0.05) is 19.2 Å². The van der Waals surface area contributed by atoms with E-state index < -0.39 is 16.4 Å². The van der Waals surface area contributed by atoms with Crippen LogP contribution in [0.4, 0.5) is 5.69 Å². The molecule has 0 fully saturated rings. The quantitative estimate of drug-likeness (QED) is 0.588. The third kappa shape index (κ3) is 4.06. The lowest BCUT2D eigenvalue weighted by Gasteiger charge is -2.21. The maximum absolute atomic E-state index is 12.1. The predicted octanol–water partition coefficient (Wildman–Crippen LogP) is 1.70. The molecule has 1 atom stereocenters. The largest absolute Gasteiger partial charge is 0.388 e. The van der Waals surface area contributed by atoms with Crippen LogP contribution in [0.5, 0.6) is 0 Å². The first kappa shape index (κ1) is 16.2. The number of carbonyl (C=O) groups excluding carboxylic acids is 1. The lowest BCUT2D eigenvalue weighted by atomic mass is 10.0. The molecule has 1 aromatic rings. The minimum Gasteiger partial charge on any atom is -0.388 e. The molecular weight excluding hydrogens is 262 g/mol. The summed E-state index contributed by atoms with van der Waals surface area (Å²) in [4.78, 5) is 22.3. The summed E-state index contributed by atoms with van der Waals surface area (Å²) in [5.41, 5.74) is -0.847. The molecule has 1 unspecified atom stereocenters. The van der Waals surface area contributed by atoms with E-state index in [1.54, 1.807) is 11.5 Å². The van der Waals surface area contributed by atoms with Gasteiger partial charge in [-0.05, 0) is 19.8 Å². The first-order valence-electron chi connectivity index (χ1n) is 6.66. The Labute approximate surface area is 117 Å². The van der Waals surface area contributed by atoms with Gasteiger partial charge >= 0.3 is 0 Å². The Kier molecular flexibility index (Phi) is 5.26. The second kappa shape index (κ2) is 6.51. The van der Waals surface area contributed by atoms with E-state index in [2.05, 4.69) is 5.32 Å². The first-order valence-corrected chi connectivity index (χ1v) is 6.66. The monoisotopic (exact) mass is 283 g/mol. The third-order valence-corrected chi connectivity index (χ3v) is 3.18. The van der Waals surface area contributed by atoms with Crippen molar-refractivity contribution in [2.45, 2.75) is 45.8 Å². The molecule has 1 aromatic heterocycles. The van der Waals surface area contributed by atoms with Crippen molar-refractivity contribution >= 4 is 11.6 Å². The summed E-state index contributed by atoms with van der Waals surface area (Å²) in [5, 5.41) is 23.2. The van der Waals surface area contributed by atoms with Crippen molar-refractivity contribution in [1.29, 1.82) is 0 Å². The van der Waals surface area contributed by atoms with Gasteiger partial charge in [-0.25, -0.2) is 0 Å². The molecule has 7 heteroatoms. The highest BCUT2D eigenvalue weighted by atomic mass is 16.6. The van der Waals surface area contributed by atoms with Crippen molar-refractivity contribution in [3.63, 3.8) is 0 Å². The van der Waals surface area contributed by atoms with E-state index in [1.807, 2.05) is 13.8 Å². The predicted molar refractivity (Wildman–Crippen MR) is 74.6 cm³/mol. The molecule has 0 spiro atoms. The Morgan fingerprint density at radius 2 is 2.20 bits per heavy atom. The topological polar surface area (TPSA) is 97.4 Å². The van der Waals surface area contributed by atoms with Crippen LogP contribution in [-0.4, -0.2) is 32.6 Å². The van der Waals surface area contributed by atoms with E-state index in [4.69, 9.17) is 0 Å². The number of nitrogens with zero attached hydrogens (tertiary/aromatic N) is 2. The summed E-state index contributed by atoms with van der Waals surface area (Å²) in [7, 11) is 0. The Hall–Kier alpha value is -1.89. The second-order valence-corrected chi connectivity index (χ2v) is 5.07. The van der Waals surface area contributed by atoms with Crippen LogP contribution in [0.2, 0.25) is 0 Å². The van der Waals surface area contributed by atoms with E-state index in [0.29, 0.717) is 13.0 Å². The normalized spacial score (nSPS) is 13.8. The molecule has 0 aliphatic rings. The second-order valence-electron chi connectivity index (χ2n) is 5.07. The van der Waals surface area contributed by atoms with Crippen molar-refractivity contribution in [3.05, 3.63) is 28.1 Å². The number of amides is 1. The molecule has 20 heavy (non-hydrogen) atoms. The fraction of sp³-hybridized carbons (Fsp3) is 0.615. The molecule has 1 heterocycles. The van der Waals surface area contributed by atoms with Gasteiger partial charge in [0.1, 0.15) is 5.69 Å². The highest BCUT2D eigenvalue weighted by molar-refractivity contribution is 5.93. The number of hydrogen-bond donors (Lipinski definition) is 2. The van der Waals surface area contributed by atoms with Gasteiger partial charge in [0.2, 0.25) is 0 Å². The van der Waals surface area contributed by atoms with Gasteiger partial charge in [-0.1, -0.05) is 13.8 Å². The number of rotatable bonds is 7. The van der Waals surface area contributed by atoms with Crippen molar-refractivity contribution in [2.24, 2.45) is 0 Å². The average molecular weight is 283 g/mol. The molecule has 112 valence electrons. The number of aromatic nitrogens is 1. The zero-order valence-electron chi connectivity index (χ0n) is 12.0. The van der Waals surface area contributed by atoms with Crippen molar-refractivity contribution in [2.75, 3.05) is 6.54 Å². The van der Waals surface area contributed by atoms with E-state index in [9.17, 15) is 20.0 Å². The molecule has 0 aliphatic carbocycles. The van der Waals surface area contributed by atoms with Gasteiger partial charge in [-0.15, -0.1) is 0 Å². The van der Waals surface area contributed by atoms with E-state index >= 15 is 0 Å². The van der Waals surface area contributed by atoms with Gasteiger partial charge in [0.25, 0.3) is 11.6 Å². The van der Waals surface area contributed by atoms with Crippen LogP contribution in [0.3, 0.4) is 0 Å². The van der Waals surface area contributed by atoms with Gasteiger partial charge in [-0.2, -0.15) is 0 Å². The number of nitrogens with one attached hydrogen (secondary N) is 1. The summed E-state index contributed by atoms with van der Waals surface area (Å²) in [6.07, 6.45) is 2.62. The summed E-state index contributed by atoms with van der Waals surface area (Å²) < 4.78 is 1.56. The van der Waals surface area contributed by atoms with Crippen LogP contribution in [0.15, 0.2) is 12.3 Å². The number of aryl methyl sites for hydroxylation is 1.